The zero-order valence-corrected chi connectivity index (χ0v) is 16.2. The van der Waals surface area contributed by atoms with E-state index >= 15 is 0 Å². The Balaban J connectivity index is 1.40. The Kier molecular flexibility index (Phi) is 4.83. The summed E-state index contributed by atoms with van der Waals surface area (Å²) in [6, 6.07) is 19.5. The minimum Gasteiger partial charge on any atom is -0.369 e. The predicted molar refractivity (Wildman–Crippen MR) is 117 cm³/mol. The average molecular weight is 393 g/mol. The highest BCUT2D eigenvalue weighted by atomic mass is 15.0. The van der Waals surface area contributed by atoms with Gasteiger partial charge in [-0.25, -0.2) is 15.0 Å². The molecule has 0 unspecified atom stereocenters. The molecule has 5 aromatic rings. The number of rotatable bonds is 6. The van der Waals surface area contributed by atoms with Gasteiger partial charge in [0.2, 0.25) is 0 Å². The van der Waals surface area contributed by atoms with E-state index in [1.165, 1.54) is 0 Å². The van der Waals surface area contributed by atoms with E-state index in [1.54, 1.807) is 18.6 Å². The first-order valence-electron chi connectivity index (χ1n) is 9.73. The van der Waals surface area contributed by atoms with Gasteiger partial charge in [-0.2, -0.15) is 0 Å². The molecule has 0 aliphatic carbocycles. The molecule has 0 saturated carbocycles. The minimum absolute atomic E-state index is 0.572. The lowest BCUT2D eigenvalue weighted by atomic mass is 10.2. The Labute approximate surface area is 173 Å². The van der Waals surface area contributed by atoms with Crippen molar-refractivity contribution < 1.29 is 0 Å². The van der Waals surface area contributed by atoms with Crippen molar-refractivity contribution in [1.29, 1.82) is 0 Å². The molecule has 0 saturated heterocycles. The maximum absolute atomic E-state index is 4.70. The number of H-pyrrole nitrogens is 1. The number of aromatic amines is 1. The molecule has 0 atom stereocenters. The van der Waals surface area contributed by atoms with Gasteiger partial charge in [0, 0.05) is 43.2 Å². The Morgan fingerprint density at radius 2 is 1.77 bits per heavy atom. The van der Waals surface area contributed by atoms with Crippen LogP contribution in [-0.4, -0.2) is 36.4 Å². The third-order valence-corrected chi connectivity index (χ3v) is 4.68. The van der Waals surface area contributed by atoms with Crippen molar-refractivity contribution in [2.24, 2.45) is 0 Å². The van der Waals surface area contributed by atoms with E-state index in [9.17, 15) is 0 Å². The molecule has 5 rings (SSSR count). The van der Waals surface area contributed by atoms with E-state index in [4.69, 9.17) is 4.98 Å². The van der Waals surface area contributed by atoms with Crippen molar-refractivity contribution in [2.75, 3.05) is 11.9 Å². The summed E-state index contributed by atoms with van der Waals surface area (Å²) in [7, 11) is 0. The Morgan fingerprint density at radius 3 is 2.60 bits per heavy atom. The second-order valence-electron chi connectivity index (χ2n) is 6.80. The van der Waals surface area contributed by atoms with Crippen molar-refractivity contribution in [2.45, 2.75) is 6.42 Å². The van der Waals surface area contributed by atoms with Crippen LogP contribution >= 0.6 is 0 Å². The van der Waals surface area contributed by atoms with Crippen LogP contribution in [0.3, 0.4) is 0 Å². The summed E-state index contributed by atoms with van der Waals surface area (Å²) < 4.78 is 0. The van der Waals surface area contributed by atoms with Crippen LogP contribution in [0.1, 0.15) is 5.82 Å². The third-order valence-electron chi connectivity index (χ3n) is 4.68. The molecule has 0 spiro atoms. The molecule has 7 heteroatoms. The molecule has 146 valence electrons. The van der Waals surface area contributed by atoms with Crippen molar-refractivity contribution >= 4 is 16.9 Å². The van der Waals surface area contributed by atoms with Crippen LogP contribution in [0.4, 0.5) is 5.82 Å². The summed E-state index contributed by atoms with van der Waals surface area (Å²) in [4.78, 5) is 25.9. The van der Waals surface area contributed by atoms with Crippen molar-refractivity contribution in [3.05, 3.63) is 85.1 Å². The normalized spacial score (nSPS) is 10.9. The number of aromatic nitrogens is 6. The van der Waals surface area contributed by atoms with Crippen LogP contribution in [-0.2, 0) is 6.42 Å². The van der Waals surface area contributed by atoms with E-state index in [0.29, 0.717) is 12.4 Å². The number of nitrogens with one attached hydrogen (secondary N) is 2. The first-order valence-corrected chi connectivity index (χ1v) is 9.73. The zero-order valence-electron chi connectivity index (χ0n) is 16.2. The lowest BCUT2D eigenvalue weighted by Crippen LogP contribution is -2.09. The predicted octanol–water partition coefficient (Wildman–Crippen LogP) is 4.13. The number of para-hydroxylation sites is 2. The topological polar surface area (TPSA) is 92.3 Å². The zero-order chi connectivity index (χ0) is 20.2. The van der Waals surface area contributed by atoms with Crippen LogP contribution in [0.15, 0.2) is 79.3 Å². The molecule has 4 aromatic heterocycles. The molecule has 2 N–H and O–H groups in total. The Hall–Kier alpha value is -4.13. The molecular weight excluding hydrogens is 374 g/mol. The van der Waals surface area contributed by atoms with E-state index in [1.807, 2.05) is 60.7 Å². The van der Waals surface area contributed by atoms with Crippen LogP contribution in [0, 0.1) is 0 Å². The van der Waals surface area contributed by atoms with E-state index in [2.05, 4.69) is 30.2 Å². The average Bonchev–Trinajstić information content (AvgIpc) is 3.23. The largest absolute Gasteiger partial charge is 0.369 e. The second-order valence-corrected chi connectivity index (χ2v) is 6.80. The number of pyridine rings is 2. The summed E-state index contributed by atoms with van der Waals surface area (Å²) in [5.74, 6) is 2.25. The van der Waals surface area contributed by atoms with Crippen molar-refractivity contribution in [3.63, 3.8) is 0 Å². The highest BCUT2D eigenvalue weighted by molar-refractivity contribution is 5.74. The Morgan fingerprint density at radius 1 is 0.833 bits per heavy atom. The maximum atomic E-state index is 4.70. The number of imidazole rings is 1. The fourth-order valence-corrected chi connectivity index (χ4v) is 3.24. The fourth-order valence-electron chi connectivity index (χ4n) is 3.24. The van der Waals surface area contributed by atoms with Gasteiger partial charge in [-0.05, 0) is 36.4 Å². The molecule has 30 heavy (non-hydrogen) atoms. The van der Waals surface area contributed by atoms with Gasteiger partial charge in [0.1, 0.15) is 17.3 Å². The number of nitrogens with zero attached hydrogens (tertiary/aromatic N) is 5. The molecule has 0 bridgehead atoms. The van der Waals surface area contributed by atoms with Gasteiger partial charge in [0.25, 0.3) is 0 Å². The SMILES string of the molecule is c1ccc(-c2nc(NCCc3nc4ccccc4[nH]3)cc(-c3cccnc3)n2)nc1. The molecule has 1 aromatic carbocycles. The molecule has 0 radical (unpaired) electrons. The molecule has 7 nitrogen and oxygen atoms in total. The van der Waals surface area contributed by atoms with Gasteiger partial charge in [0.15, 0.2) is 5.82 Å². The number of fused-ring (bicyclic) bond motifs is 1. The summed E-state index contributed by atoms with van der Waals surface area (Å²) in [5.41, 5.74) is 4.47. The van der Waals surface area contributed by atoms with Crippen LogP contribution < -0.4 is 5.32 Å². The minimum atomic E-state index is 0.572. The van der Waals surface area contributed by atoms with E-state index in [-0.39, 0.29) is 0 Å². The maximum Gasteiger partial charge on any atom is 0.180 e. The third kappa shape index (κ3) is 3.86. The number of hydrogen-bond donors (Lipinski definition) is 2. The highest BCUT2D eigenvalue weighted by Gasteiger charge is 2.10. The van der Waals surface area contributed by atoms with Gasteiger partial charge in [-0.1, -0.05) is 18.2 Å². The van der Waals surface area contributed by atoms with E-state index in [0.717, 1.165) is 46.0 Å². The second kappa shape index (κ2) is 8.08. The van der Waals surface area contributed by atoms with Gasteiger partial charge >= 0.3 is 0 Å². The van der Waals surface area contributed by atoms with Crippen LogP contribution in [0.2, 0.25) is 0 Å². The van der Waals surface area contributed by atoms with Gasteiger partial charge < -0.3 is 10.3 Å². The number of hydrogen-bond acceptors (Lipinski definition) is 6. The van der Waals surface area contributed by atoms with Gasteiger partial charge in [-0.15, -0.1) is 0 Å². The molecule has 0 fully saturated rings. The summed E-state index contributed by atoms with van der Waals surface area (Å²) in [5, 5.41) is 3.40. The Bertz CT molecular complexity index is 1180. The van der Waals surface area contributed by atoms with Gasteiger partial charge in [0.05, 0.1) is 16.7 Å². The highest BCUT2D eigenvalue weighted by Crippen LogP contribution is 2.23. The van der Waals surface area contributed by atoms with Gasteiger partial charge in [-0.3, -0.25) is 9.97 Å². The smallest absolute Gasteiger partial charge is 0.180 e. The molecule has 0 amide bonds. The van der Waals surface area contributed by atoms with Crippen molar-refractivity contribution in [3.8, 4) is 22.8 Å². The van der Waals surface area contributed by atoms with Crippen molar-refractivity contribution in [1.82, 2.24) is 29.9 Å². The molecule has 4 heterocycles. The molecule has 0 aliphatic heterocycles. The first-order chi connectivity index (χ1) is 14.8. The van der Waals surface area contributed by atoms with E-state index < -0.39 is 0 Å². The number of benzene rings is 1. The fraction of sp³-hybridized carbons (Fsp3) is 0.0870. The molecular formula is C23H19N7. The summed E-state index contributed by atoms with van der Waals surface area (Å²) in [6.45, 7) is 0.685. The summed E-state index contributed by atoms with van der Waals surface area (Å²) in [6.07, 6.45) is 6.03. The summed E-state index contributed by atoms with van der Waals surface area (Å²) >= 11 is 0. The number of anilines is 1. The lowest BCUT2D eigenvalue weighted by molar-refractivity contribution is 0.927. The lowest BCUT2D eigenvalue weighted by Gasteiger charge is -2.09. The molecule has 0 aliphatic rings. The first kappa shape index (κ1) is 17.9. The quantitative estimate of drug-likeness (QED) is 0.451. The van der Waals surface area contributed by atoms with Crippen LogP contribution in [0.5, 0.6) is 0 Å². The monoisotopic (exact) mass is 393 g/mol. The standard InChI is InChI=1S/C23H19N7/c1-2-8-18-17(7-1)27-21(28-18)10-13-26-22-14-20(16-6-5-11-24-15-16)29-23(30-22)19-9-3-4-12-25-19/h1-9,11-12,14-15H,10,13H2,(H,27,28)(H,26,29,30). The van der Waals surface area contributed by atoms with Crippen LogP contribution in [0.25, 0.3) is 33.8 Å².